The second-order valence-corrected chi connectivity index (χ2v) is 18.5. The number of fused-ring (bicyclic) bond motifs is 1. The summed E-state index contributed by atoms with van der Waals surface area (Å²) in [6.45, 7) is 19.2. The van der Waals surface area contributed by atoms with Crippen LogP contribution in [-0.4, -0.2) is 48.1 Å². The molecule has 2 aromatic heterocycles. The van der Waals surface area contributed by atoms with Gasteiger partial charge in [0.1, 0.15) is 18.0 Å². The van der Waals surface area contributed by atoms with E-state index < -0.39 is 13.9 Å². The predicted octanol–water partition coefficient (Wildman–Crippen LogP) is 7.90. The fourth-order valence-corrected chi connectivity index (χ4v) is 5.67. The third kappa shape index (κ3) is 8.10. The number of likely N-dealkylation sites (tertiary alicyclic amines) is 1. The van der Waals surface area contributed by atoms with Crippen LogP contribution in [0.1, 0.15) is 77.6 Å². The highest BCUT2D eigenvalue weighted by molar-refractivity contribution is 6.74. The maximum absolute atomic E-state index is 12.4. The summed E-state index contributed by atoms with van der Waals surface area (Å²) in [6, 6.07) is 7.99. The number of aryl methyl sites for hydroxylation is 1. The van der Waals surface area contributed by atoms with E-state index >= 15 is 0 Å². The van der Waals surface area contributed by atoms with Gasteiger partial charge in [-0.15, -0.1) is 0 Å². The number of nitrogens with zero attached hydrogens (tertiary/aromatic N) is 3. The quantitative estimate of drug-likeness (QED) is 0.237. The molecule has 0 unspecified atom stereocenters. The van der Waals surface area contributed by atoms with Gasteiger partial charge in [0.25, 0.3) is 0 Å². The van der Waals surface area contributed by atoms with E-state index in [4.69, 9.17) is 18.4 Å². The maximum Gasteiger partial charge on any atom is 0.410 e. The lowest BCUT2D eigenvalue weighted by Gasteiger charge is -2.36. The third-order valence-corrected chi connectivity index (χ3v) is 12.8. The second kappa shape index (κ2) is 12.5. The molecular weight excluding hydrogens is 534 g/mol. The smallest absolute Gasteiger partial charge is 0.410 e. The Hall–Kier alpha value is -2.91. The van der Waals surface area contributed by atoms with Gasteiger partial charge in [-0.25, -0.2) is 4.79 Å². The van der Waals surface area contributed by atoms with Crippen LogP contribution in [0.4, 0.5) is 4.79 Å². The Labute approximate surface area is 245 Å². The summed E-state index contributed by atoms with van der Waals surface area (Å²) in [5.74, 6) is 1.28. The van der Waals surface area contributed by atoms with Crippen molar-refractivity contribution in [2.75, 3.05) is 13.1 Å². The molecule has 3 heterocycles. The molecule has 9 heteroatoms. The lowest BCUT2D eigenvalue weighted by molar-refractivity contribution is 0.0181. The molecule has 8 nitrogen and oxygen atoms in total. The minimum atomic E-state index is -2.01. The van der Waals surface area contributed by atoms with E-state index in [0.717, 1.165) is 72.3 Å². The SMILES string of the molecule is CC(C)(C)OC(=O)N1CCC(CCc2noc3c(CO[Si](C)(C)C(C)(C)C)c(OCc4cccnc4)ccc23)CC1. The Morgan fingerprint density at radius 3 is 2.44 bits per heavy atom. The molecule has 4 rings (SSSR count). The van der Waals surface area contributed by atoms with Crippen molar-refractivity contribution in [1.29, 1.82) is 0 Å². The zero-order chi connectivity index (χ0) is 29.8. The van der Waals surface area contributed by atoms with Crippen molar-refractivity contribution < 1.29 is 23.2 Å². The lowest BCUT2D eigenvalue weighted by atomic mass is 9.91. The molecule has 0 atom stereocenters. The third-order valence-electron chi connectivity index (χ3n) is 8.33. The molecule has 1 aromatic carbocycles. The molecule has 0 N–H and O–H groups in total. The van der Waals surface area contributed by atoms with E-state index in [-0.39, 0.29) is 11.1 Å². The molecule has 1 amide bonds. The first kappa shape index (κ1) is 31.0. The van der Waals surface area contributed by atoms with Gasteiger partial charge in [-0.2, -0.15) is 0 Å². The van der Waals surface area contributed by atoms with Crippen LogP contribution in [-0.2, 0) is 28.8 Å². The van der Waals surface area contributed by atoms with Gasteiger partial charge < -0.3 is 23.3 Å². The van der Waals surface area contributed by atoms with E-state index in [1.807, 2.05) is 50.1 Å². The summed E-state index contributed by atoms with van der Waals surface area (Å²) in [6.07, 6.45) is 7.11. The Morgan fingerprint density at radius 2 is 1.80 bits per heavy atom. The van der Waals surface area contributed by atoms with Crippen molar-refractivity contribution in [2.45, 2.75) is 104 Å². The van der Waals surface area contributed by atoms with Crippen LogP contribution < -0.4 is 4.74 Å². The summed E-state index contributed by atoms with van der Waals surface area (Å²) in [5, 5.41) is 5.61. The van der Waals surface area contributed by atoms with Crippen molar-refractivity contribution in [3.8, 4) is 5.75 Å². The highest BCUT2D eigenvalue weighted by Gasteiger charge is 2.37. The van der Waals surface area contributed by atoms with Crippen LogP contribution >= 0.6 is 0 Å². The fraction of sp³-hybridized carbons (Fsp3) is 0.594. The van der Waals surface area contributed by atoms with Crippen LogP contribution in [0.2, 0.25) is 18.1 Å². The minimum Gasteiger partial charge on any atom is -0.488 e. The number of benzene rings is 1. The van der Waals surface area contributed by atoms with Gasteiger partial charge in [0.15, 0.2) is 13.9 Å². The average Bonchev–Trinajstić information content (AvgIpc) is 3.32. The maximum atomic E-state index is 12.4. The number of carbonyl (C=O) groups excluding carboxylic acids is 1. The number of rotatable bonds is 9. The average molecular weight is 582 g/mol. The largest absolute Gasteiger partial charge is 0.488 e. The monoisotopic (exact) mass is 581 g/mol. The number of ether oxygens (including phenoxy) is 2. The van der Waals surface area contributed by atoms with Crippen molar-refractivity contribution >= 4 is 25.4 Å². The molecule has 0 saturated carbocycles. The number of pyridine rings is 1. The number of hydrogen-bond donors (Lipinski definition) is 0. The van der Waals surface area contributed by atoms with Crippen LogP contribution in [0.5, 0.6) is 5.75 Å². The van der Waals surface area contributed by atoms with E-state index in [1.54, 1.807) is 6.20 Å². The Balaban J connectivity index is 1.46. The molecule has 0 bridgehead atoms. The van der Waals surface area contributed by atoms with E-state index in [2.05, 4.69) is 50.1 Å². The molecule has 0 spiro atoms. The van der Waals surface area contributed by atoms with Crippen LogP contribution in [0, 0.1) is 5.92 Å². The predicted molar refractivity (Wildman–Crippen MR) is 163 cm³/mol. The highest BCUT2D eigenvalue weighted by Crippen LogP contribution is 2.39. The molecule has 3 aromatic rings. The zero-order valence-electron chi connectivity index (χ0n) is 26.1. The van der Waals surface area contributed by atoms with Gasteiger partial charge in [-0.1, -0.05) is 32.0 Å². The van der Waals surface area contributed by atoms with Crippen LogP contribution in [0.3, 0.4) is 0 Å². The molecule has 0 aliphatic carbocycles. The first-order valence-corrected chi connectivity index (χ1v) is 17.7. The van der Waals surface area contributed by atoms with Crippen LogP contribution in [0.15, 0.2) is 41.2 Å². The number of hydrogen-bond acceptors (Lipinski definition) is 7. The number of amides is 1. The molecule has 0 radical (unpaired) electrons. The minimum absolute atomic E-state index is 0.0866. The molecule has 41 heavy (non-hydrogen) atoms. The summed E-state index contributed by atoms with van der Waals surface area (Å²) in [4.78, 5) is 18.5. The van der Waals surface area contributed by atoms with Crippen molar-refractivity contribution in [3.63, 3.8) is 0 Å². The molecule has 1 aliphatic heterocycles. The molecule has 1 aliphatic rings. The second-order valence-electron chi connectivity index (χ2n) is 13.7. The van der Waals surface area contributed by atoms with Crippen molar-refractivity contribution in [2.24, 2.45) is 5.92 Å². The topological polar surface area (TPSA) is 86.9 Å². The molecule has 1 fully saturated rings. The summed E-state index contributed by atoms with van der Waals surface area (Å²) in [7, 11) is -2.01. The fourth-order valence-electron chi connectivity index (χ4n) is 4.73. The zero-order valence-corrected chi connectivity index (χ0v) is 27.1. The molecule has 224 valence electrons. The Morgan fingerprint density at radius 1 is 1.07 bits per heavy atom. The normalized spacial score (nSPS) is 15.4. The van der Waals surface area contributed by atoms with Gasteiger partial charge >= 0.3 is 6.09 Å². The Bertz CT molecular complexity index is 1300. The summed E-state index contributed by atoms with van der Waals surface area (Å²) < 4.78 is 24.4. The van der Waals surface area contributed by atoms with Gasteiger partial charge in [0, 0.05) is 36.4 Å². The van der Waals surface area contributed by atoms with Crippen molar-refractivity contribution in [1.82, 2.24) is 15.0 Å². The lowest BCUT2D eigenvalue weighted by Crippen LogP contribution is -2.41. The number of aromatic nitrogens is 2. The molecular formula is C32H47N3O5Si. The summed E-state index contributed by atoms with van der Waals surface area (Å²) >= 11 is 0. The first-order chi connectivity index (χ1) is 19.2. The van der Waals surface area contributed by atoms with Gasteiger partial charge in [0.05, 0.1) is 17.9 Å². The van der Waals surface area contributed by atoms with Gasteiger partial charge in [-0.3, -0.25) is 4.98 Å². The van der Waals surface area contributed by atoms with Gasteiger partial charge in [0.2, 0.25) is 0 Å². The van der Waals surface area contributed by atoms with Crippen molar-refractivity contribution in [3.05, 3.63) is 53.5 Å². The first-order valence-electron chi connectivity index (χ1n) is 14.8. The van der Waals surface area contributed by atoms with E-state index in [1.165, 1.54) is 0 Å². The standard InChI is InChI=1S/C32H47N3O5Si/c1-31(2,3)39-30(36)35-18-15-23(16-19-35)11-13-27-25-12-14-28(37-21-24-10-9-17-33-20-24)26(29(25)40-34-27)22-38-41(7,8)32(4,5)6/h9-10,12,14,17,20,23H,11,13,15-16,18-19,21-22H2,1-8H3. The Kier molecular flexibility index (Phi) is 9.48. The van der Waals surface area contributed by atoms with Gasteiger partial charge in [-0.05, 0) is 88.7 Å². The van der Waals surface area contributed by atoms with E-state index in [9.17, 15) is 4.79 Å². The molecule has 1 saturated heterocycles. The summed E-state index contributed by atoms with van der Waals surface area (Å²) in [5.41, 5.74) is 3.13. The number of piperidine rings is 1. The van der Waals surface area contributed by atoms with E-state index in [0.29, 0.717) is 19.1 Å². The number of carbonyl (C=O) groups is 1. The van der Waals surface area contributed by atoms with Crippen LogP contribution in [0.25, 0.3) is 11.0 Å². The highest BCUT2D eigenvalue weighted by atomic mass is 28.4.